The first kappa shape index (κ1) is 12.4. The van der Waals surface area contributed by atoms with Crippen LogP contribution in [-0.4, -0.2) is 5.78 Å². The molecular formula is C16H19BrO. The number of carbonyl (C=O) groups excluding carboxylic acids is 1. The van der Waals surface area contributed by atoms with Gasteiger partial charge in [-0.25, -0.2) is 0 Å². The van der Waals surface area contributed by atoms with Gasteiger partial charge in [0.15, 0.2) is 0 Å². The lowest BCUT2D eigenvalue weighted by Crippen LogP contribution is -2.40. The summed E-state index contributed by atoms with van der Waals surface area (Å²) < 4.78 is 1.32. The molecule has 0 amide bonds. The Kier molecular flexibility index (Phi) is 3.09. The molecule has 3 rings (SSSR count). The largest absolute Gasteiger partial charge is 0.299 e. The van der Waals surface area contributed by atoms with E-state index in [4.69, 9.17) is 0 Å². The van der Waals surface area contributed by atoms with Crippen LogP contribution in [0, 0.1) is 11.3 Å². The Bertz CT molecular complexity index is 483. The van der Waals surface area contributed by atoms with Gasteiger partial charge < -0.3 is 0 Å². The highest BCUT2D eigenvalue weighted by atomic mass is 79.9. The summed E-state index contributed by atoms with van der Waals surface area (Å²) in [4.78, 5) is 11.7. The van der Waals surface area contributed by atoms with Crippen molar-refractivity contribution in [3.8, 4) is 0 Å². The van der Waals surface area contributed by atoms with Gasteiger partial charge in [-0.3, -0.25) is 4.79 Å². The monoisotopic (exact) mass is 306 g/mol. The van der Waals surface area contributed by atoms with Crippen LogP contribution < -0.4 is 0 Å². The van der Waals surface area contributed by atoms with E-state index in [1.807, 2.05) is 0 Å². The molecule has 3 aliphatic rings. The quantitative estimate of drug-likeness (QED) is 0.687. The van der Waals surface area contributed by atoms with E-state index in [1.54, 1.807) is 0 Å². The number of rotatable bonds is 1. The Labute approximate surface area is 117 Å². The van der Waals surface area contributed by atoms with Crippen LogP contribution in [0.4, 0.5) is 0 Å². The SMILES string of the molecule is CC[C@@]12CCC(=O)CC1=CC=C1C=C(Br)CCC12. The topological polar surface area (TPSA) is 17.1 Å². The van der Waals surface area contributed by atoms with Crippen molar-refractivity contribution in [3.63, 3.8) is 0 Å². The lowest BCUT2D eigenvalue weighted by atomic mass is 9.55. The fraction of sp³-hybridized carbons (Fsp3) is 0.562. The first-order valence-electron chi connectivity index (χ1n) is 6.95. The zero-order chi connectivity index (χ0) is 12.8. The molecule has 96 valence electrons. The van der Waals surface area contributed by atoms with Gasteiger partial charge in [-0.05, 0) is 53.1 Å². The Morgan fingerprint density at radius 2 is 2.22 bits per heavy atom. The first-order chi connectivity index (χ1) is 8.65. The lowest BCUT2D eigenvalue weighted by molar-refractivity contribution is -0.120. The minimum Gasteiger partial charge on any atom is -0.299 e. The van der Waals surface area contributed by atoms with Crippen molar-refractivity contribution in [3.05, 3.63) is 33.9 Å². The minimum absolute atomic E-state index is 0.280. The molecule has 1 unspecified atom stereocenters. The average Bonchev–Trinajstić information content (AvgIpc) is 2.38. The first-order valence-corrected chi connectivity index (χ1v) is 7.74. The molecule has 0 aliphatic heterocycles. The second-order valence-electron chi connectivity index (χ2n) is 5.77. The average molecular weight is 307 g/mol. The van der Waals surface area contributed by atoms with Crippen molar-refractivity contribution >= 4 is 21.7 Å². The summed E-state index contributed by atoms with van der Waals surface area (Å²) in [5, 5.41) is 0. The lowest BCUT2D eigenvalue weighted by Gasteiger charge is -2.48. The highest BCUT2D eigenvalue weighted by Crippen LogP contribution is 2.56. The summed E-state index contributed by atoms with van der Waals surface area (Å²) in [5.41, 5.74) is 3.15. The van der Waals surface area contributed by atoms with Gasteiger partial charge in [0.25, 0.3) is 0 Å². The summed E-state index contributed by atoms with van der Waals surface area (Å²) >= 11 is 3.63. The van der Waals surface area contributed by atoms with Gasteiger partial charge in [0, 0.05) is 12.8 Å². The van der Waals surface area contributed by atoms with Crippen LogP contribution in [0.2, 0.25) is 0 Å². The van der Waals surface area contributed by atoms with E-state index in [0.29, 0.717) is 18.1 Å². The molecule has 0 N–H and O–H groups in total. The molecule has 0 radical (unpaired) electrons. The van der Waals surface area contributed by atoms with E-state index in [1.165, 1.54) is 28.5 Å². The van der Waals surface area contributed by atoms with E-state index >= 15 is 0 Å². The number of Topliss-reactive ketones (excluding diaryl/α,β-unsaturated/α-hetero) is 1. The molecule has 3 aliphatic carbocycles. The zero-order valence-electron chi connectivity index (χ0n) is 10.8. The Hall–Kier alpha value is -0.630. The van der Waals surface area contributed by atoms with Gasteiger partial charge in [-0.1, -0.05) is 40.6 Å². The molecule has 0 aromatic carbocycles. The molecule has 0 aromatic heterocycles. The third kappa shape index (κ3) is 1.77. The summed E-state index contributed by atoms with van der Waals surface area (Å²) in [5.74, 6) is 1.06. The van der Waals surface area contributed by atoms with E-state index in [9.17, 15) is 4.79 Å². The Morgan fingerprint density at radius 1 is 1.39 bits per heavy atom. The molecule has 0 heterocycles. The molecular weight excluding hydrogens is 288 g/mol. The normalized spacial score (nSPS) is 35.1. The van der Waals surface area contributed by atoms with Crippen LogP contribution in [0.25, 0.3) is 0 Å². The molecule has 1 fully saturated rings. The van der Waals surface area contributed by atoms with E-state index in [-0.39, 0.29) is 5.41 Å². The molecule has 1 nitrogen and oxygen atoms in total. The van der Waals surface area contributed by atoms with Gasteiger partial charge in [-0.15, -0.1) is 0 Å². The molecule has 2 heteroatoms. The van der Waals surface area contributed by atoms with E-state index < -0.39 is 0 Å². The molecule has 0 bridgehead atoms. The number of halogens is 1. The van der Waals surface area contributed by atoms with E-state index in [2.05, 4.69) is 41.1 Å². The van der Waals surface area contributed by atoms with Crippen LogP contribution in [-0.2, 0) is 4.79 Å². The maximum absolute atomic E-state index is 11.7. The number of allylic oxidation sites excluding steroid dienone is 6. The molecule has 0 aromatic rings. The molecule has 0 saturated heterocycles. The van der Waals surface area contributed by atoms with Crippen molar-refractivity contribution in [2.75, 3.05) is 0 Å². The van der Waals surface area contributed by atoms with Crippen LogP contribution in [0.5, 0.6) is 0 Å². The van der Waals surface area contributed by atoms with Crippen molar-refractivity contribution < 1.29 is 4.79 Å². The maximum Gasteiger partial charge on any atom is 0.136 e. The van der Waals surface area contributed by atoms with Crippen LogP contribution in [0.15, 0.2) is 33.9 Å². The van der Waals surface area contributed by atoms with Crippen LogP contribution in [0.3, 0.4) is 0 Å². The molecule has 0 spiro atoms. The van der Waals surface area contributed by atoms with Crippen molar-refractivity contribution in [2.45, 2.75) is 45.4 Å². The highest BCUT2D eigenvalue weighted by molar-refractivity contribution is 9.11. The Morgan fingerprint density at radius 3 is 3.00 bits per heavy atom. The second-order valence-corrected chi connectivity index (χ2v) is 6.78. The number of fused-ring (bicyclic) bond motifs is 3. The third-order valence-electron chi connectivity index (χ3n) is 5.05. The van der Waals surface area contributed by atoms with Gasteiger partial charge in [-0.2, -0.15) is 0 Å². The number of carbonyl (C=O) groups is 1. The number of hydrogen-bond donors (Lipinski definition) is 0. The zero-order valence-corrected chi connectivity index (χ0v) is 12.4. The fourth-order valence-corrected chi connectivity index (χ4v) is 4.53. The second kappa shape index (κ2) is 4.48. The van der Waals surface area contributed by atoms with Gasteiger partial charge in [0.1, 0.15) is 5.78 Å². The summed E-state index contributed by atoms with van der Waals surface area (Å²) in [6, 6.07) is 0. The maximum atomic E-state index is 11.7. The van der Waals surface area contributed by atoms with Gasteiger partial charge in [0.05, 0.1) is 0 Å². The predicted molar refractivity (Wildman–Crippen MR) is 77.5 cm³/mol. The number of hydrogen-bond acceptors (Lipinski definition) is 1. The van der Waals surface area contributed by atoms with Gasteiger partial charge >= 0.3 is 0 Å². The molecule has 1 saturated carbocycles. The van der Waals surface area contributed by atoms with E-state index in [0.717, 1.165) is 19.3 Å². The highest BCUT2D eigenvalue weighted by Gasteiger charge is 2.46. The number of ketones is 1. The molecule has 18 heavy (non-hydrogen) atoms. The van der Waals surface area contributed by atoms with Crippen molar-refractivity contribution in [2.24, 2.45) is 11.3 Å². The summed E-state index contributed by atoms with van der Waals surface area (Å²) in [7, 11) is 0. The fourth-order valence-electron chi connectivity index (χ4n) is 4.03. The Balaban J connectivity index is 2.06. The predicted octanol–water partition coefficient (Wildman–Crippen LogP) is 4.69. The standard InChI is InChI=1S/C16H19BrO/c1-2-16-8-7-14(18)10-12(16)4-3-11-9-13(17)5-6-15(11)16/h3-4,9,15H,2,5-8,10H2,1H3/t15?,16-/m1/s1. The molecule has 2 atom stereocenters. The smallest absolute Gasteiger partial charge is 0.136 e. The third-order valence-corrected chi connectivity index (χ3v) is 5.67. The van der Waals surface area contributed by atoms with Gasteiger partial charge in [0.2, 0.25) is 0 Å². The minimum atomic E-state index is 0.280. The van der Waals surface area contributed by atoms with Crippen molar-refractivity contribution in [1.29, 1.82) is 0 Å². The van der Waals surface area contributed by atoms with Crippen LogP contribution >= 0.6 is 15.9 Å². The van der Waals surface area contributed by atoms with Crippen LogP contribution in [0.1, 0.15) is 45.4 Å². The summed E-state index contributed by atoms with van der Waals surface area (Å²) in [6.07, 6.45) is 12.8. The van der Waals surface area contributed by atoms with Crippen molar-refractivity contribution in [1.82, 2.24) is 0 Å². The summed E-state index contributed by atoms with van der Waals surface area (Å²) in [6.45, 7) is 2.29.